The van der Waals surface area contributed by atoms with E-state index in [0.717, 1.165) is 0 Å². The molecule has 1 aliphatic heterocycles. The molecule has 0 unspecified atom stereocenters. The molecule has 0 saturated carbocycles. The van der Waals surface area contributed by atoms with Crippen molar-refractivity contribution in [1.82, 2.24) is 0 Å². The van der Waals surface area contributed by atoms with Gasteiger partial charge in [-0.1, -0.05) is 30.3 Å². The summed E-state index contributed by atoms with van der Waals surface area (Å²) in [5.74, 6) is -0.371. The van der Waals surface area contributed by atoms with Gasteiger partial charge in [-0.25, -0.2) is 4.79 Å². The summed E-state index contributed by atoms with van der Waals surface area (Å²) in [6.07, 6.45) is -6.99. The number of rotatable bonds is 7. The van der Waals surface area contributed by atoms with Crippen LogP contribution in [0.1, 0.15) is 5.56 Å². The summed E-state index contributed by atoms with van der Waals surface area (Å²) in [4.78, 5) is 10.8. The maximum absolute atomic E-state index is 10.8. The quantitative estimate of drug-likeness (QED) is 0.427. The molecule has 30 heavy (non-hydrogen) atoms. The fourth-order valence-electron chi connectivity index (χ4n) is 3.28. The number of aliphatic carboxylic acids is 1. The van der Waals surface area contributed by atoms with E-state index in [1.54, 1.807) is 49.4 Å². The number of hydrogen-bond donors (Lipinski definition) is 5. The van der Waals surface area contributed by atoms with Crippen molar-refractivity contribution in [1.29, 1.82) is 0 Å². The minimum Gasteiger partial charge on any atom is -0.482 e. The van der Waals surface area contributed by atoms with Crippen molar-refractivity contribution in [2.75, 3.05) is 13.2 Å². The zero-order valence-corrected chi connectivity index (χ0v) is 16.2. The topological polar surface area (TPSA) is 146 Å². The van der Waals surface area contributed by atoms with Crippen LogP contribution < -0.4 is 9.47 Å². The van der Waals surface area contributed by atoms with Crippen LogP contribution in [0.25, 0.3) is 11.1 Å². The lowest BCUT2D eigenvalue weighted by atomic mass is 9.98. The van der Waals surface area contributed by atoms with Gasteiger partial charge in [0.1, 0.15) is 35.9 Å². The molecule has 1 saturated heterocycles. The number of carbonyl (C=O) groups is 1. The van der Waals surface area contributed by atoms with Gasteiger partial charge in [0, 0.05) is 5.56 Å². The SMILES string of the molecule is Cc1c(OCC(=O)O)cccc1-c1ccccc1O[C@H]1O[C@H](CO)[C@@H](O)[C@@H](O)[C@@H]1O. The second kappa shape index (κ2) is 9.41. The number of carboxylic acids is 1. The third kappa shape index (κ3) is 4.55. The average Bonchev–Trinajstić information content (AvgIpc) is 2.74. The predicted octanol–water partition coefficient (Wildman–Crippen LogP) is 0.304. The van der Waals surface area contributed by atoms with Gasteiger partial charge >= 0.3 is 5.97 Å². The summed E-state index contributed by atoms with van der Waals surface area (Å²) in [7, 11) is 0. The number of hydrogen-bond acceptors (Lipinski definition) is 8. The summed E-state index contributed by atoms with van der Waals surface area (Å²) in [6.45, 7) is 0.735. The minimum absolute atomic E-state index is 0.320. The van der Waals surface area contributed by atoms with Crippen LogP contribution in [-0.4, -0.2) is 75.4 Å². The third-order valence-corrected chi connectivity index (χ3v) is 4.90. The molecule has 2 aromatic carbocycles. The Morgan fingerprint density at radius 3 is 2.33 bits per heavy atom. The van der Waals surface area contributed by atoms with E-state index in [4.69, 9.17) is 19.3 Å². The maximum atomic E-state index is 10.8. The molecule has 162 valence electrons. The minimum atomic E-state index is -1.55. The van der Waals surface area contributed by atoms with E-state index >= 15 is 0 Å². The van der Waals surface area contributed by atoms with Crippen LogP contribution in [0, 0.1) is 6.92 Å². The van der Waals surface area contributed by atoms with Crippen molar-refractivity contribution >= 4 is 5.97 Å². The van der Waals surface area contributed by atoms with Crippen LogP contribution >= 0.6 is 0 Å². The molecule has 9 heteroatoms. The molecule has 1 heterocycles. The van der Waals surface area contributed by atoms with Crippen molar-refractivity contribution in [3.63, 3.8) is 0 Å². The molecule has 1 fully saturated rings. The fraction of sp³-hybridized carbons (Fsp3) is 0.381. The first-order chi connectivity index (χ1) is 14.3. The number of carboxylic acid groups (broad SMARTS) is 1. The van der Waals surface area contributed by atoms with Crippen molar-refractivity contribution in [3.05, 3.63) is 48.0 Å². The predicted molar refractivity (Wildman–Crippen MR) is 104 cm³/mol. The van der Waals surface area contributed by atoms with E-state index in [-0.39, 0.29) is 0 Å². The first kappa shape index (κ1) is 22.0. The third-order valence-electron chi connectivity index (χ3n) is 4.90. The first-order valence-corrected chi connectivity index (χ1v) is 9.34. The molecule has 0 aromatic heterocycles. The van der Waals surface area contributed by atoms with Gasteiger partial charge in [0.15, 0.2) is 6.61 Å². The zero-order valence-electron chi connectivity index (χ0n) is 16.2. The summed E-state index contributed by atoms with van der Waals surface area (Å²) in [5, 5.41) is 48.3. The van der Waals surface area contributed by atoms with E-state index in [1.807, 2.05) is 0 Å². The number of aliphatic hydroxyl groups is 4. The van der Waals surface area contributed by atoms with Crippen molar-refractivity contribution < 1.29 is 44.5 Å². The van der Waals surface area contributed by atoms with Gasteiger partial charge in [0.05, 0.1) is 6.61 Å². The van der Waals surface area contributed by atoms with Crippen LogP contribution in [0.2, 0.25) is 0 Å². The Hall–Kier alpha value is -2.69. The van der Waals surface area contributed by atoms with E-state index < -0.39 is 49.9 Å². The zero-order chi connectivity index (χ0) is 21.8. The fourth-order valence-corrected chi connectivity index (χ4v) is 3.28. The van der Waals surface area contributed by atoms with Crippen molar-refractivity contribution in [2.45, 2.75) is 37.6 Å². The van der Waals surface area contributed by atoms with Crippen LogP contribution in [0.4, 0.5) is 0 Å². The highest BCUT2D eigenvalue weighted by atomic mass is 16.7. The molecule has 0 radical (unpaired) electrons. The van der Waals surface area contributed by atoms with E-state index in [0.29, 0.717) is 28.2 Å². The summed E-state index contributed by atoms with van der Waals surface area (Å²) >= 11 is 0. The van der Waals surface area contributed by atoms with E-state index in [2.05, 4.69) is 0 Å². The normalized spacial score (nSPS) is 26.2. The summed E-state index contributed by atoms with van der Waals surface area (Å²) < 4.78 is 16.6. The van der Waals surface area contributed by atoms with Gasteiger partial charge < -0.3 is 39.7 Å². The Morgan fingerprint density at radius 1 is 0.967 bits per heavy atom. The van der Waals surface area contributed by atoms with Crippen LogP contribution in [0.5, 0.6) is 11.5 Å². The summed E-state index contributed by atoms with van der Waals surface area (Å²) in [5.41, 5.74) is 2.01. The molecule has 0 bridgehead atoms. The molecular weight excluding hydrogens is 396 g/mol. The highest BCUT2D eigenvalue weighted by molar-refractivity contribution is 5.75. The standard InChI is InChI=1S/C21H24O9/c1-11-12(6-4-8-14(11)28-10-17(23)24)13-5-2-3-7-15(13)29-21-20(27)19(26)18(25)16(9-22)30-21/h2-8,16,18-22,25-27H,9-10H2,1H3,(H,23,24)/t16-,18-,19-,20+,21+/m1/s1. The van der Waals surface area contributed by atoms with Gasteiger partial charge in [-0.3, -0.25) is 0 Å². The lowest BCUT2D eigenvalue weighted by Crippen LogP contribution is -2.60. The first-order valence-electron chi connectivity index (χ1n) is 9.34. The van der Waals surface area contributed by atoms with Crippen molar-refractivity contribution in [3.8, 4) is 22.6 Å². The highest BCUT2D eigenvalue weighted by Crippen LogP contribution is 2.37. The Balaban J connectivity index is 1.90. The molecule has 0 aliphatic carbocycles. The monoisotopic (exact) mass is 420 g/mol. The lowest BCUT2D eigenvalue weighted by molar-refractivity contribution is -0.277. The largest absolute Gasteiger partial charge is 0.482 e. The van der Waals surface area contributed by atoms with E-state index in [9.17, 15) is 25.2 Å². The summed E-state index contributed by atoms with van der Waals surface area (Å²) in [6, 6.07) is 12.1. The average molecular weight is 420 g/mol. The van der Waals surface area contributed by atoms with Gasteiger partial charge in [0.2, 0.25) is 6.29 Å². The second-order valence-corrected chi connectivity index (χ2v) is 6.92. The second-order valence-electron chi connectivity index (χ2n) is 6.92. The Kier molecular flexibility index (Phi) is 6.91. The maximum Gasteiger partial charge on any atom is 0.341 e. The number of benzene rings is 2. The van der Waals surface area contributed by atoms with Crippen LogP contribution in [0.3, 0.4) is 0 Å². The lowest BCUT2D eigenvalue weighted by Gasteiger charge is -2.39. The van der Waals surface area contributed by atoms with E-state index in [1.165, 1.54) is 0 Å². The number of para-hydroxylation sites is 1. The molecule has 0 amide bonds. The van der Waals surface area contributed by atoms with Gasteiger partial charge in [0.25, 0.3) is 0 Å². The molecule has 2 aromatic rings. The number of aliphatic hydroxyl groups excluding tert-OH is 4. The molecule has 0 spiro atoms. The van der Waals surface area contributed by atoms with Gasteiger partial charge in [-0.15, -0.1) is 0 Å². The molecule has 3 rings (SSSR count). The molecule has 9 nitrogen and oxygen atoms in total. The molecule has 5 atom stereocenters. The van der Waals surface area contributed by atoms with Crippen molar-refractivity contribution in [2.24, 2.45) is 0 Å². The Bertz CT molecular complexity index is 883. The number of ether oxygens (including phenoxy) is 3. The Labute approximate surface area is 172 Å². The molecule has 1 aliphatic rings. The van der Waals surface area contributed by atoms with Crippen LogP contribution in [0.15, 0.2) is 42.5 Å². The van der Waals surface area contributed by atoms with Gasteiger partial charge in [-0.05, 0) is 30.2 Å². The van der Waals surface area contributed by atoms with Crippen LogP contribution in [-0.2, 0) is 9.53 Å². The highest BCUT2D eigenvalue weighted by Gasteiger charge is 2.44. The van der Waals surface area contributed by atoms with Gasteiger partial charge in [-0.2, -0.15) is 0 Å². The Morgan fingerprint density at radius 2 is 1.63 bits per heavy atom. The smallest absolute Gasteiger partial charge is 0.341 e. The molecule has 5 N–H and O–H groups in total. The molecular formula is C21H24O9.